The fraction of sp³-hybridized carbons (Fsp3) is 0.333. The molecule has 0 spiro atoms. The number of hydrogen-bond acceptors (Lipinski definition) is 20. The third-order valence-electron chi connectivity index (χ3n) is 4.71. The number of rotatable bonds is 8. The molecule has 4 radical (unpaired) electrons. The zero-order chi connectivity index (χ0) is 33.7. The van der Waals surface area contributed by atoms with Crippen LogP contribution in [0.5, 0.6) is 0 Å². The minimum absolute atomic E-state index is 0. The maximum Gasteiger partial charge on any atom is 1.00 e. The van der Waals surface area contributed by atoms with Gasteiger partial charge in [-0.15, -0.1) is 0 Å². The van der Waals surface area contributed by atoms with Gasteiger partial charge in [-0.2, -0.15) is 0 Å². The average Bonchev–Trinajstić information content (AvgIpc) is 3.55. The van der Waals surface area contributed by atoms with E-state index in [0.29, 0.717) is 59.6 Å². The van der Waals surface area contributed by atoms with Gasteiger partial charge in [-0.05, 0) is 45.1 Å². The van der Waals surface area contributed by atoms with Crippen LogP contribution in [0.25, 0.3) is 0 Å². The van der Waals surface area contributed by atoms with Gasteiger partial charge in [-0.25, -0.2) is 0 Å². The first kappa shape index (κ1) is 217. The fourth-order valence-corrected chi connectivity index (χ4v) is 7.65. The van der Waals surface area contributed by atoms with E-state index in [1.807, 2.05) is 0 Å². The molecule has 0 atom stereocenters. The van der Waals surface area contributed by atoms with Crippen LogP contribution < -0.4 is 79.5 Å². The third-order valence-corrected chi connectivity index (χ3v) is 9.89. The molecule has 0 aromatic carbocycles. The van der Waals surface area contributed by atoms with E-state index < -0.39 is 23.9 Å². The van der Waals surface area contributed by atoms with Crippen molar-refractivity contribution < 1.29 is 281 Å². The molecule has 76 heavy (non-hydrogen) atoms. The van der Waals surface area contributed by atoms with Gasteiger partial charge in [0, 0.05) is 191 Å². The number of thiazole rings is 4. The maximum absolute atomic E-state index is 10.2. The molecule has 0 aliphatic rings. The maximum atomic E-state index is 10.2. The number of carboxylic acid groups (broad SMARTS) is 4. The standard InChI is InChI=1S/4C6H7NO2S2.2Au.6Na.24H2O/c4*1-3-4(2-5(8)9)11-6(10)7-3;;;;;;;;;;;;;;;;;;;;;;;;;;;;;;;;/h4*2H2,1H3,(H,7,10)(H,8,9);;;;;;;;;24*1H2/q;;;;2*+1;;;;;2*+1;;;;;;;;;;;;;;;;;;;;;;;;/p-4. The molecule has 0 aliphatic carbocycles. The number of aromatic nitrogens is 4. The van der Waals surface area contributed by atoms with E-state index in [-0.39, 0.29) is 385 Å². The smallest absolute Gasteiger partial charge is 0.550 e. The van der Waals surface area contributed by atoms with Crippen molar-refractivity contribution in [2.24, 2.45) is 0 Å². The fourth-order valence-electron chi connectivity index (χ4n) is 2.79. The molecular formula is C24H72Au2N4Na6O32S8. The summed E-state index contributed by atoms with van der Waals surface area (Å²) in [4.78, 5) is 59.0. The first-order chi connectivity index (χ1) is 20.4. The summed E-state index contributed by atoms with van der Waals surface area (Å²) in [5, 5.41) is 40.7. The Morgan fingerprint density at radius 1 is 0.329 bits per heavy atom. The average molecular weight is 1720 g/mol. The van der Waals surface area contributed by atoms with Gasteiger partial charge in [0.1, 0.15) is 0 Å². The quantitative estimate of drug-likeness (QED) is 0.117. The minimum Gasteiger partial charge on any atom is -0.550 e. The summed E-state index contributed by atoms with van der Waals surface area (Å²) >= 11 is 24.0. The number of carbonyl (C=O) groups is 4. The van der Waals surface area contributed by atoms with E-state index >= 15 is 0 Å². The van der Waals surface area contributed by atoms with Crippen molar-refractivity contribution in [3.8, 4) is 0 Å². The summed E-state index contributed by atoms with van der Waals surface area (Å²) in [6.07, 6.45) is -0.333. The Kier molecular flexibility index (Phi) is 334. The molecule has 0 saturated heterocycles. The first-order valence-corrected chi connectivity index (χ1v) is 16.6. The molecule has 4 heterocycles. The summed E-state index contributed by atoms with van der Waals surface area (Å²) in [6.45, 7) is 6.96. The Balaban J connectivity index is -0.00000000825. The van der Waals surface area contributed by atoms with E-state index in [4.69, 9.17) is 50.5 Å². The van der Waals surface area contributed by atoms with E-state index in [9.17, 15) is 39.6 Å². The number of carbonyl (C=O) groups excluding carboxylic acids is 4. The van der Waals surface area contributed by atoms with Gasteiger partial charge in [0.05, 0.1) is 0 Å². The van der Waals surface area contributed by atoms with Crippen LogP contribution in [0.3, 0.4) is 0 Å². The Hall–Kier alpha value is 3.80. The summed E-state index contributed by atoms with van der Waals surface area (Å²) in [5.41, 5.74) is 2.79. The molecule has 4 aromatic rings. The van der Waals surface area contributed by atoms with Crippen LogP contribution in [-0.4, -0.2) is 293 Å². The predicted octanol–water partition coefficient (Wildman–Crippen LogP) is -28.3. The predicted molar refractivity (Wildman–Crippen MR) is 279 cm³/mol. The molecule has 48 N–H and O–H groups in total. The zero-order valence-electron chi connectivity index (χ0n) is 45.8. The van der Waals surface area contributed by atoms with Crippen molar-refractivity contribution in [2.75, 3.05) is 0 Å². The van der Waals surface area contributed by atoms with Crippen molar-refractivity contribution in [1.82, 2.24) is 19.9 Å². The number of aryl methyl sites for hydroxylation is 4. The second-order valence-corrected chi connectivity index (χ2v) is 15.1. The number of nitrogens with zero attached hydrogens (tertiary/aromatic N) is 4. The normalized spacial score (nSPS) is 5.74. The molecule has 0 unspecified atom stereocenters. The van der Waals surface area contributed by atoms with Crippen LogP contribution in [0, 0.1) is 27.7 Å². The van der Waals surface area contributed by atoms with Crippen LogP contribution >= 0.6 is 45.3 Å². The van der Waals surface area contributed by atoms with Crippen LogP contribution in [0.1, 0.15) is 48.0 Å². The van der Waals surface area contributed by atoms with Gasteiger partial charge in [-0.1, -0.05) is 19.5 Å². The van der Waals surface area contributed by atoms with Crippen molar-refractivity contribution in [1.29, 1.82) is 0 Å². The van der Waals surface area contributed by atoms with Gasteiger partial charge in [0.2, 0.25) is 0 Å². The number of hydrogen-bond donors (Lipinski definition) is 0. The summed E-state index contributed by atoms with van der Waals surface area (Å²) in [6, 6.07) is 0. The van der Waals surface area contributed by atoms with Crippen molar-refractivity contribution in [3.05, 3.63) is 42.3 Å². The van der Waals surface area contributed by atoms with Gasteiger partial charge < -0.3 is 267 Å². The Labute approximate surface area is 641 Å². The molecule has 4 aromatic heterocycles. The Morgan fingerprint density at radius 2 is 0.421 bits per heavy atom. The topological polar surface area (TPSA) is 968 Å². The molecule has 36 nitrogen and oxygen atoms in total. The second kappa shape index (κ2) is 117. The van der Waals surface area contributed by atoms with Crippen LogP contribution in [0.2, 0.25) is 0 Å². The summed E-state index contributed by atoms with van der Waals surface area (Å²) in [5.74, 6) is -4.36. The molecule has 0 aliphatic heterocycles. The zero-order valence-corrected chi connectivity index (χ0v) is 64.6. The summed E-state index contributed by atoms with van der Waals surface area (Å²) < 4.78 is 1.94. The molecule has 0 fully saturated rings. The monoisotopic (exact) mass is 1720 g/mol. The van der Waals surface area contributed by atoms with Gasteiger partial charge >= 0.3 is 110 Å². The van der Waals surface area contributed by atoms with Crippen LogP contribution in [0.15, 0.2) is 17.4 Å². The number of carboxylic acids is 4. The molecule has 0 amide bonds. The summed E-state index contributed by atoms with van der Waals surface area (Å²) in [7, 11) is 0. The van der Waals surface area contributed by atoms with E-state index in [2.05, 4.69) is 19.9 Å². The van der Waals surface area contributed by atoms with Crippen LogP contribution in [0.4, 0.5) is 0 Å². The van der Waals surface area contributed by atoms with Crippen LogP contribution in [-0.2, 0) is 140 Å². The van der Waals surface area contributed by atoms with Gasteiger partial charge in [0.25, 0.3) is 0 Å². The second-order valence-electron chi connectivity index (χ2n) is 8.15. The van der Waals surface area contributed by atoms with Crippen molar-refractivity contribution >= 4 is 238 Å². The van der Waals surface area contributed by atoms with E-state index in [1.165, 1.54) is 45.3 Å². The third kappa shape index (κ3) is 99.8. The SMILES string of the molecule is Cc1nc([S-])sc1CC(=O)[O-].Cc1nc([S-])sc1CC(=O)[O-].Cc1nc([S-])sc1CC(=O)[O-].Cc1nc([S-])sc1CC(=O)[O-].O.O.O.O.O.O.O.O.O.O.O.O.O.O.O.O.O.O.O.O.O.O.O.O.[Au+].[Au+].[H+].[H+].[H+].[H+].[Na+].[Na+].[Na].[Na].[Na].[Na]. The first-order valence-electron chi connectivity index (χ1n) is 11.7. The largest absolute Gasteiger partial charge is 1.00 e. The van der Waals surface area contributed by atoms with Crippen molar-refractivity contribution in [3.63, 3.8) is 0 Å². The molecule has 4 rings (SSSR count). The molecule has 456 valence electrons. The Bertz CT molecular complexity index is 1470. The minimum atomic E-state index is -1.09. The molecule has 52 heteroatoms. The molecule has 0 saturated carbocycles. The number of aliphatic carboxylic acids is 4. The van der Waals surface area contributed by atoms with E-state index in [1.54, 1.807) is 27.7 Å². The molecular weight excluding hydrogens is 1640 g/mol. The Morgan fingerprint density at radius 3 is 0.474 bits per heavy atom. The van der Waals surface area contributed by atoms with E-state index in [0.717, 1.165) is 0 Å². The molecule has 0 bridgehead atoms. The van der Waals surface area contributed by atoms with Gasteiger partial charge in [-0.3, -0.25) is 19.9 Å². The van der Waals surface area contributed by atoms with Crippen molar-refractivity contribution in [2.45, 2.75) is 70.7 Å². The van der Waals surface area contributed by atoms with Gasteiger partial charge in [0.15, 0.2) is 0 Å².